The average Bonchev–Trinajstić information content (AvgIpc) is 3.36. The third kappa shape index (κ3) is 2.84. The Morgan fingerprint density at radius 2 is 2.00 bits per heavy atom. The molecule has 0 saturated heterocycles. The number of hydrogen-bond acceptors (Lipinski definition) is 4. The van der Waals surface area contributed by atoms with Crippen LogP contribution in [0.2, 0.25) is 0 Å². The lowest BCUT2D eigenvalue weighted by Crippen LogP contribution is -2.31. The van der Waals surface area contributed by atoms with Gasteiger partial charge in [0.25, 0.3) is 5.91 Å². The largest absolute Gasteiger partial charge is 0.486 e. The molecule has 1 atom stereocenters. The van der Waals surface area contributed by atoms with Gasteiger partial charge >= 0.3 is 0 Å². The van der Waals surface area contributed by atoms with Crippen LogP contribution in [-0.2, 0) is 7.05 Å². The van der Waals surface area contributed by atoms with E-state index in [-0.39, 0.29) is 11.9 Å². The number of aryl methyl sites for hydroxylation is 2. The standard InChI is InChI=1S/C18H21N3O3/c1-11-9-14(21(2)20-11)18(22)19-17(12-3-4-12)13-5-6-15-16(10-13)24-8-7-23-15/h5-6,9-10,12,17H,3-4,7-8H2,1-2H3,(H,19,22). The first-order chi connectivity index (χ1) is 11.6. The maximum Gasteiger partial charge on any atom is 0.270 e. The molecule has 1 N–H and O–H groups in total. The van der Waals surface area contributed by atoms with Gasteiger partial charge in [0.05, 0.1) is 11.7 Å². The van der Waals surface area contributed by atoms with Gasteiger partial charge in [0.15, 0.2) is 11.5 Å². The number of benzene rings is 1. The van der Waals surface area contributed by atoms with Gasteiger partial charge in [-0.05, 0) is 49.4 Å². The maximum atomic E-state index is 12.7. The van der Waals surface area contributed by atoms with E-state index in [9.17, 15) is 4.79 Å². The molecule has 1 saturated carbocycles. The predicted molar refractivity (Wildman–Crippen MR) is 88.3 cm³/mol. The van der Waals surface area contributed by atoms with Crippen LogP contribution >= 0.6 is 0 Å². The van der Waals surface area contributed by atoms with E-state index in [1.807, 2.05) is 31.2 Å². The number of nitrogens with one attached hydrogen (secondary N) is 1. The van der Waals surface area contributed by atoms with Crippen LogP contribution in [0.4, 0.5) is 0 Å². The summed E-state index contributed by atoms with van der Waals surface area (Å²) >= 11 is 0. The summed E-state index contributed by atoms with van der Waals surface area (Å²) in [5, 5.41) is 7.43. The van der Waals surface area contributed by atoms with Crippen molar-refractivity contribution in [3.63, 3.8) is 0 Å². The van der Waals surface area contributed by atoms with Crippen molar-refractivity contribution >= 4 is 5.91 Å². The molecule has 1 unspecified atom stereocenters. The molecule has 2 aromatic rings. The van der Waals surface area contributed by atoms with Crippen molar-refractivity contribution in [2.45, 2.75) is 25.8 Å². The molecule has 24 heavy (non-hydrogen) atoms. The highest BCUT2D eigenvalue weighted by Gasteiger charge is 2.34. The van der Waals surface area contributed by atoms with E-state index in [0.717, 1.165) is 35.6 Å². The molecular weight excluding hydrogens is 306 g/mol. The van der Waals surface area contributed by atoms with Gasteiger partial charge in [-0.15, -0.1) is 0 Å². The summed E-state index contributed by atoms with van der Waals surface area (Å²) in [6.45, 7) is 3.02. The predicted octanol–water partition coefficient (Wildman–Crippen LogP) is 2.38. The molecule has 1 aromatic heterocycles. The molecule has 2 aliphatic rings. The Morgan fingerprint density at radius 1 is 1.25 bits per heavy atom. The second kappa shape index (κ2) is 5.85. The lowest BCUT2D eigenvalue weighted by molar-refractivity contribution is 0.0922. The first-order valence-corrected chi connectivity index (χ1v) is 8.33. The van der Waals surface area contributed by atoms with Crippen LogP contribution in [0, 0.1) is 12.8 Å². The zero-order valence-corrected chi connectivity index (χ0v) is 13.9. The van der Waals surface area contributed by atoms with Crippen LogP contribution in [0.5, 0.6) is 11.5 Å². The summed E-state index contributed by atoms with van der Waals surface area (Å²) in [5.74, 6) is 1.92. The molecule has 1 amide bonds. The highest BCUT2D eigenvalue weighted by atomic mass is 16.6. The van der Waals surface area contributed by atoms with Crippen molar-refractivity contribution in [1.82, 2.24) is 15.1 Å². The summed E-state index contributed by atoms with van der Waals surface area (Å²) in [6.07, 6.45) is 2.26. The van der Waals surface area contributed by atoms with Crippen molar-refractivity contribution in [2.75, 3.05) is 13.2 Å². The lowest BCUT2D eigenvalue weighted by atomic mass is 10.0. The minimum Gasteiger partial charge on any atom is -0.486 e. The van der Waals surface area contributed by atoms with Gasteiger partial charge in [0.2, 0.25) is 0 Å². The molecule has 0 radical (unpaired) electrons. The van der Waals surface area contributed by atoms with E-state index in [1.54, 1.807) is 11.7 Å². The topological polar surface area (TPSA) is 65.4 Å². The molecule has 126 valence electrons. The molecule has 0 spiro atoms. The molecule has 6 nitrogen and oxygen atoms in total. The third-order valence-corrected chi connectivity index (χ3v) is 4.54. The highest BCUT2D eigenvalue weighted by molar-refractivity contribution is 5.93. The van der Waals surface area contributed by atoms with Crippen molar-refractivity contribution in [1.29, 1.82) is 0 Å². The van der Waals surface area contributed by atoms with Crippen molar-refractivity contribution in [3.05, 3.63) is 41.2 Å². The molecule has 1 aliphatic carbocycles. The molecule has 2 heterocycles. The number of nitrogens with zero attached hydrogens (tertiary/aromatic N) is 2. The van der Waals surface area contributed by atoms with Crippen LogP contribution in [0.3, 0.4) is 0 Å². The van der Waals surface area contributed by atoms with Crippen molar-refractivity contribution in [2.24, 2.45) is 13.0 Å². The van der Waals surface area contributed by atoms with Crippen molar-refractivity contribution in [3.8, 4) is 11.5 Å². The van der Waals surface area contributed by atoms with Gasteiger partial charge < -0.3 is 14.8 Å². The number of rotatable bonds is 4. The zero-order valence-electron chi connectivity index (χ0n) is 13.9. The van der Waals surface area contributed by atoms with E-state index < -0.39 is 0 Å². The molecule has 1 fully saturated rings. The van der Waals surface area contributed by atoms with E-state index >= 15 is 0 Å². The van der Waals surface area contributed by atoms with Crippen molar-refractivity contribution < 1.29 is 14.3 Å². The number of carbonyl (C=O) groups is 1. The molecule has 1 aromatic carbocycles. The van der Waals surface area contributed by atoms with Gasteiger partial charge in [-0.25, -0.2) is 0 Å². The normalized spacial score (nSPS) is 17.4. The Labute approximate surface area is 140 Å². The van der Waals surface area contributed by atoms with Crippen LogP contribution in [0.25, 0.3) is 0 Å². The number of aromatic nitrogens is 2. The fraction of sp³-hybridized carbons (Fsp3) is 0.444. The lowest BCUT2D eigenvalue weighted by Gasteiger charge is -2.23. The van der Waals surface area contributed by atoms with Crippen LogP contribution in [0.15, 0.2) is 24.3 Å². The summed E-state index contributed by atoms with van der Waals surface area (Å²) in [4.78, 5) is 12.7. The van der Waals surface area contributed by atoms with Gasteiger partial charge in [-0.2, -0.15) is 5.10 Å². The molecular formula is C18H21N3O3. The van der Waals surface area contributed by atoms with E-state index in [2.05, 4.69) is 10.4 Å². The Hall–Kier alpha value is -2.50. The Bertz CT molecular complexity index is 780. The highest BCUT2D eigenvalue weighted by Crippen LogP contribution is 2.43. The van der Waals surface area contributed by atoms with Gasteiger partial charge in [0.1, 0.15) is 18.9 Å². The summed E-state index contributed by atoms with van der Waals surface area (Å²) in [6, 6.07) is 7.74. The number of carbonyl (C=O) groups excluding carboxylic acids is 1. The molecule has 0 bridgehead atoms. The van der Waals surface area contributed by atoms with E-state index in [4.69, 9.17) is 9.47 Å². The number of amides is 1. The SMILES string of the molecule is Cc1cc(C(=O)NC(c2ccc3c(c2)OCCO3)C2CC2)n(C)n1. The second-order valence-electron chi connectivity index (χ2n) is 6.49. The fourth-order valence-corrected chi connectivity index (χ4v) is 3.19. The van der Waals surface area contributed by atoms with Crippen LogP contribution in [-0.4, -0.2) is 28.9 Å². The van der Waals surface area contributed by atoms with Gasteiger partial charge in [-0.1, -0.05) is 6.07 Å². The smallest absolute Gasteiger partial charge is 0.270 e. The average molecular weight is 327 g/mol. The molecule has 1 aliphatic heterocycles. The van der Waals surface area contributed by atoms with Gasteiger partial charge in [-0.3, -0.25) is 9.48 Å². The fourth-order valence-electron chi connectivity index (χ4n) is 3.19. The summed E-state index contributed by atoms with van der Waals surface area (Å²) in [7, 11) is 1.79. The van der Waals surface area contributed by atoms with Gasteiger partial charge in [0, 0.05) is 7.05 Å². The van der Waals surface area contributed by atoms with E-state index in [0.29, 0.717) is 24.8 Å². The molecule has 4 rings (SSSR count). The van der Waals surface area contributed by atoms with Crippen LogP contribution in [0.1, 0.15) is 40.6 Å². The number of hydrogen-bond donors (Lipinski definition) is 1. The summed E-state index contributed by atoms with van der Waals surface area (Å²) < 4.78 is 12.9. The minimum atomic E-state index is -0.0927. The minimum absolute atomic E-state index is 0.0106. The Morgan fingerprint density at radius 3 is 2.67 bits per heavy atom. The Kier molecular flexibility index (Phi) is 3.67. The van der Waals surface area contributed by atoms with Crippen LogP contribution < -0.4 is 14.8 Å². The zero-order chi connectivity index (χ0) is 16.7. The third-order valence-electron chi connectivity index (χ3n) is 4.54. The summed E-state index contributed by atoms with van der Waals surface area (Å²) in [5.41, 5.74) is 2.48. The first kappa shape index (κ1) is 15.1. The monoisotopic (exact) mass is 327 g/mol. The second-order valence-corrected chi connectivity index (χ2v) is 6.49. The number of ether oxygens (including phenoxy) is 2. The first-order valence-electron chi connectivity index (χ1n) is 8.33. The number of fused-ring (bicyclic) bond motifs is 1. The molecule has 6 heteroatoms. The van der Waals surface area contributed by atoms with E-state index in [1.165, 1.54) is 0 Å². The quantitative estimate of drug-likeness (QED) is 0.936. The Balaban J connectivity index is 1.59. The maximum absolute atomic E-state index is 12.7.